The molecule has 0 unspecified atom stereocenters. The molecule has 6 nitrogen and oxygen atoms in total. The van der Waals surface area contributed by atoms with E-state index in [2.05, 4.69) is 27.1 Å². The summed E-state index contributed by atoms with van der Waals surface area (Å²) in [7, 11) is 0. The number of nitrogens with one attached hydrogen (secondary N) is 1. The Balaban J connectivity index is 1.61. The third kappa shape index (κ3) is 3.67. The lowest BCUT2D eigenvalue weighted by Gasteiger charge is -2.38. The van der Waals surface area contributed by atoms with Gasteiger partial charge in [0, 0.05) is 32.4 Å². The maximum absolute atomic E-state index is 9.47. The topological polar surface area (TPSA) is 70.5 Å². The fourth-order valence-corrected chi connectivity index (χ4v) is 3.10. The average Bonchev–Trinajstić information content (AvgIpc) is 2.57. The highest BCUT2D eigenvalue weighted by molar-refractivity contribution is 5.49. The summed E-state index contributed by atoms with van der Waals surface area (Å²) in [5.74, 6) is 1.84. The summed E-state index contributed by atoms with van der Waals surface area (Å²) in [5, 5.41) is 12.9. The Bertz CT molecular complexity index is 483. The number of aliphatic hydroxyl groups excluding tert-OH is 1. The van der Waals surface area contributed by atoms with Gasteiger partial charge in [0.05, 0.1) is 12.6 Å². The number of hydrogen-bond acceptors (Lipinski definition) is 6. The summed E-state index contributed by atoms with van der Waals surface area (Å²) in [6.07, 6.45) is 5.83. The number of piperidine rings is 1. The van der Waals surface area contributed by atoms with Gasteiger partial charge in [-0.05, 0) is 31.1 Å². The molecule has 0 aliphatic carbocycles. The Morgan fingerprint density at radius 3 is 2.91 bits per heavy atom. The lowest BCUT2D eigenvalue weighted by atomic mass is 9.81. The maximum Gasteiger partial charge on any atom is 0.134 e. The van der Waals surface area contributed by atoms with E-state index in [9.17, 15) is 5.11 Å². The van der Waals surface area contributed by atoms with Gasteiger partial charge < -0.3 is 20.1 Å². The van der Waals surface area contributed by atoms with Crippen LogP contribution < -0.4 is 10.2 Å². The second-order valence-corrected chi connectivity index (χ2v) is 6.78. The molecule has 2 N–H and O–H groups in total. The minimum Gasteiger partial charge on any atom is -0.396 e. The molecule has 2 aliphatic heterocycles. The van der Waals surface area contributed by atoms with E-state index in [0.717, 1.165) is 63.6 Å². The molecule has 1 atom stereocenters. The third-order valence-electron chi connectivity index (χ3n) is 4.84. The van der Waals surface area contributed by atoms with Crippen LogP contribution >= 0.6 is 0 Å². The van der Waals surface area contributed by atoms with Crippen LogP contribution in [0.2, 0.25) is 0 Å². The van der Waals surface area contributed by atoms with Gasteiger partial charge in [-0.25, -0.2) is 9.97 Å². The SMILES string of the molecule is CC1(CO)CCN(c2cc(N[C@@H]3CCCOC3)ncn2)CC1. The summed E-state index contributed by atoms with van der Waals surface area (Å²) in [4.78, 5) is 11.0. The van der Waals surface area contributed by atoms with Gasteiger partial charge in [-0.15, -0.1) is 0 Å². The van der Waals surface area contributed by atoms with Crippen molar-refractivity contribution >= 4 is 11.6 Å². The van der Waals surface area contributed by atoms with E-state index in [4.69, 9.17) is 4.74 Å². The molecule has 122 valence electrons. The fourth-order valence-electron chi connectivity index (χ4n) is 3.10. The molecule has 2 aliphatic rings. The summed E-state index contributed by atoms with van der Waals surface area (Å²) >= 11 is 0. The maximum atomic E-state index is 9.47. The number of ether oxygens (including phenoxy) is 1. The lowest BCUT2D eigenvalue weighted by Crippen LogP contribution is -2.40. The number of hydrogen-bond donors (Lipinski definition) is 2. The van der Waals surface area contributed by atoms with Crippen molar-refractivity contribution in [3.63, 3.8) is 0 Å². The zero-order valence-electron chi connectivity index (χ0n) is 13.3. The van der Waals surface area contributed by atoms with Crippen LogP contribution in [-0.4, -0.2) is 54.0 Å². The van der Waals surface area contributed by atoms with Crippen LogP contribution in [0, 0.1) is 5.41 Å². The van der Waals surface area contributed by atoms with E-state index in [1.54, 1.807) is 6.33 Å². The van der Waals surface area contributed by atoms with Crippen LogP contribution in [0.5, 0.6) is 0 Å². The van der Waals surface area contributed by atoms with Crippen LogP contribution in [0.4, 0.5) is 11.6 Å². The molecular weight excluding hydrogens is 280 g/mol. The van der Waals surface area contributed by atoms with Crippen LogP contribution in [0.15, 0.2) is 12.4 Å². The minimum atomic E-state index is 0.0596. The largest absolute Gasteiger partial charge is 0.396 e. The van der Waals surface area contributed by atoms with E-state index in [1.165, 1.54) is 0 Å². The molecule has 0 radical (unpaired) electrons. The zero-order chi connectivity index (χ0) is 15.4. The van der Waals surface area contributed by atoms with Crippen molar-refractivity contribution in [2.24, 2.45) is 5.41 Å². The molecule has 0 spiro atoms. The van der Waals surface area contributed by atoms with E-state index in [0.29, 0.717) is 6.04 Å². The van der Waals surface area contributed by atoms with Crippen molar-refractivity contribution in [1.82, 2.24) is 9.97 Å². The first-order valence-corrected chi connectivity index (χ1v) is 8.21. The van der Waals surface area contributed by atoms with Crippen molar-refractivity contribution in [2.75, 3.05) is 43.1 Å². The van der Waals surface area contributed by atoms with Crippen molar-refractivity contribution < 1.29 is 9.84 Å². The molecule has 1 aromatic heterocycles. The summed E-state index contributed by atoms with van der Waals surface area (Å²) in [5.41, 5.74) is 0.0596. The number of nitrogens with zero attached hydrogens (tertiary/aromatic N) is 3. The summed E-state index contributed by atoms with van der Waals surface area (Å²) in [6, 6.07) is 2.37. The fraction of sp³-hybridized carbons (Fsp3) is 0.750. The summed E-state index contributed by atoms with van der Waals surface area (Å²) in [6.45, 7) is 5.89. The zero-order valence-corrected chi connectivity index (χ0v) is 13.3. The highest BCUT2D eigenvalue weighted by Gasteiger charge is 2.30. The molecule has 1 aromatic rings. The highest BCUT2D eigenvalue weighted by Crippen LogP contribution is 2.32. The van der Waals surface area contributed by atoms with Gasteiger partial charge in [0.2, 0.25) is 0 Å². The van der Waals surface area contributed by atoms with Crippen LogP contribution in [-0.2, 0) is 4.74 Å². The molecule has 0 amide bonds. The smallest absolute Gasteiger partial charge is 0.134 e. The number of anilines is 2. The first kappa shape index (κ1) is 15.5. The normalized spacial score (nSPS) is 25.0. The van der Waals surface area contributed by atoms with Gasteiger partial charge in [-0.1, -0.05) is 6.92 Å². The Hall–Kier alpha value is -1.40. The van der Waals surface area contributed by atoms with Gasteiger partial charge in [0.1, 0.15) is 18.0 Å². The average molecular weight is 306 g/mol. The molecule has 22 heavy (non-hydrogen) atoms. The molecule has 0 bridgehead atoms. The molecular formula is C16H26N4O2. The minimum absolute atomic E-state index is 0.0596. The number of aromatic nitrogens is 2. The Morgan fingerprint density at radius 2 is 2.23 bits per heavy atom. The predicted octanol–water partition coefficient (Wildman–Crippen LogP) is 1.67. The van der Waals surface area contributed by atoms with Crippen molar-refractivity contribution in [1.29, 1.82) is 0 Å². The summed E-state index contributed by atoms with van der Waals surface area (Å²) < 4.78 is 5.50. The van der Waals surface area contributed by atoms with E-state index >= 15 is 0 Å². The number of aliphatic hydroxyl groups is 1. The van der Waals surface area contributed by atoms with Gasteiger partial charge in [-0.2, -0.15) is 0 Å². The van der Waals surface area contributed by atoms with Gasteiger partial charge in [-0.3, -0.25) is 0 Å². The van der Waals surface area contributed by atoms with E-state index < -0.39 is 0 Å². The monoisotopic (exact) mass is 306 g/mol. The molecule has 0 saturated carbocycles. The third-order valence-corrected chi connectivity index (χ3v) is 4.84. The Kier molecular flexibility index (Phi) is 4.78. The first-order chi connectivity index (χ1) is 10.7. The number of rotatable bonds is 4. The second kappa shape index (κ2) is 6.79. The molecule has 3 rings (SSSR count). The van der Waals surface area contributed by atoms with Crippen molar-refractivity contribution in [2.45, 2.75) is 38.6 Å². The molecule has 2 saturated heterocycles. The van der Waals surface area contributed by atoms with Crippen LogP contribution in [0.1, 0.15) is 32.6 Å². The lowest BCUT2D eigenvalue weighted by molar-refractivity contribution is 0.0875. The van der Waals surface area contributed by atoms with E-state index in [1.807, 2.05) is 6.07 Å². The quantitative estimate of drug-likeness (QED) is 0.882. The molecule has 0 aromatic carbocycles. The predicted molar refractivity (Wildman–Crippen MR) is 86.1 cm³/mol. The van der Waals surface area contributed by atoms with E-state index in [-0.39, 0.29) is 12.0 Å². The molecule has 6 heteroatoms. The van der Waals surface area contributed by atoms with Gasteiger partial charge >= 0.3 is 0 Å². The Labute approximate surface area is 131 Å². The molecule has 3 heterocycles. The van der Waals surface area contributed by atoms with Crippen molar-refractivity contribution in [3.8, 4) is 0 Å². The van der Waals surface area contributed by atoms with Crippen molar-refractivity contribution in [3.05, 3.63) is 12.4 Å². The standard InChI is InChI=1S/C16H26N4O2/c1-16(11-21)4-6-20(7-5-16)15-9-14(17-12-18-15)19-13-3-2-8-22-10-13/h9,12-13,21H,2-8,10-11H2,1H3,(H,17,18,19)/t13-/m1/s1. The second-order valence-electron chi connectivity index (χ2n) is 6.78. The van der Waals surface area contributed by atoms with Gasteiger partial charge in [0.25, 0.3) is 0 Å². The van der Waals surface area contributed by atoms with Crippen LogP contribution in [0.25, 0.3) is 0 Å². The molecule has 2 fully saturated rings. The first-order valence-electron chi connectivity index (χ1n) is 8.21. The van der Waals surface area contributed by atoms with Crippen LogP contribution in [0.3, 0.4) is 0 Å². The van der Waals surface area contributed by atoms with Gasteiger partial charge in [0.15, 0.2) is 0 Å². The Morgan fingerprint density at radius 1 is 1.41 bits per heavy atom. The highest BCUT2D eigenvalue weighted by atomic mass is 16.5.